The third kappa shape index (κ3) is 5.72. The smallest absolute Gasteiger partial charge is 0.318 e. The molecule has 0 spiro atoms. The molecule has 1 N–H and O–H groups in total. The first-order chi connectivity index (χ1) is 17.5. The summed E-state index contributed by atoms with van der Waals surface area (Å²) in [5.41, 5.74) is 2.47. The number of hydrogen-bond donors (Lipinski definition) is 1. The number of nitrogens with one attached hydrogen (secondary N) is 1. The summed E-state index contributed by atoms with van der Waals surface area (Å²) in [5, 5.41) is 12.6. The number of halogens is 1. The quantitative estimate of drug-likeness (QED) is 0.659. The molecule has 9 nitrogen and oxygen atoms in total. The van der Waals surface area contributed by atoms with Gasteiger partial charge in [0.1, 0.15) is 23.7 Å². The molecule has 3 aliphatic heterocycles. The molecule has 2 fully saturated rings. The number of hydrogen-bond acceptors (Lipinski definition) is 7. The van der Waals surface area contributed by atoms with E-state index >= 15 is 0 Å². The molecule has 36 heavy (non-hydrogen) atoms. The molecule has 190 valence electrons. The molecule has 0 saturated carbocycles. The third-order valence-electron chi connectivity index (χ3n) is 7.20. The third-order valence-corrected chi connectivity index (χ3v) is 7.51. The fraction of sp³-hybridized carbons (Fsp3) is 0.538. The first kappa shape index (κ1) is 24.8. The maximum absolute atomic E-state index is 13.2. The highest BCUT2D eigenvalue weighted by atomic mass is 35.5. The molecular weight excluding hydrogens is 480 g/mol. The van der Waals surface area contributed by atoms with Gasteiger partial charge in [0.15, 0.2) is 0 Å². The van der Waals surface area contributed by atoms with E-state index in [1.807, 2.05) is 18.1 Å². The van der Waals surface area contributed by atoms with Crippen molar-refractivity contribution in [3.63, 3.8) is 0 Å². The van der Waals surface area contributed by atoms with Gasteiger partial charge in [-0.15, -0.1) is 0 Å². The maximum atomic E-state index is 13.2. The molecule has 0 bridgehead atoms. The number of fused-ring (bicyclic) bond motifs is 1. The standard InChI is InChI=1S/C26H31ClN6O3/c1-32-14-23(24(16-32)36-20-3-2-18(12-28)21(27)11-20)31-26(34)33-7-4-19-13-29-25(30-22(19)15-33)10-17-5-8-35-9-6-17/h2-3,11,13,17,23-24H,4-10,14-16H2,1H3,(H,31,34)/t23-,24+/m1/s1. The van der Waals surface area contributed by atoms with Gasteiger partial charge in [0.05, 0.1) is 28.9 Å². The van der Waals surface area contributed by atoms with Crippen LogP contribution in [0.2, 0.25) is 5.02 Å². The molecule has 0 unspecified atom stereocenters. The SMILES string of the molecule is CN1C[C@H](Oc2ccc(C#N)c(Cl)c2)[C@H](NC(=O)N2CCc3cnc(CC4CCOCC4)nc3C2)C1. The molecule has 1 aromatic heterocycles. The van der Waals surface area contributed by atoms with Gasteiger partial charge in [-0.25, -0.2) is 14.8 Å². The number of aromatic nitrogens is 2. The van der Waals surface area contributed by atoms with Gasteiger partial charge in [-0.3, -0.25) is 0 Å². The van der Waals surface area contributed by atoms with E-state index in [-0.39, 0.29) is 18.2 Å². The summed E-state index contributed by atoms with van der Waals surface area (Å²) in [7, 11) is 2.00. The Kier molecular flexibility index (Phi) is 7.56. The number of benzene rings is 1. The number of likely N-dealkylation sites (tertiary alicyclic amines) is 1. The van der Waals surface area contributed by atoms with E-state index in [0.717, 1.165) is 56.0 Å². The van der Waals surface area contributed by atoms with Crippen molar-refractivity contribution in [2.75, 3.05) is 39.9 Å². The first-order valence-electron chi connectivity index (χ1n) is 12.5. The first-order valence-corrected chi connectivity index (χ1v) is 12.9. The van der Waals surface area contributed by atoms with Crippen molar-refractivity contribution in [3.8, 4) is 11.8 Å². The lowest BCUT2D eigenvalue weighted by Crippen LogP contribution is -2.51. The highest BCUT2D eigenvalue weighted by Gasteiger charge is 2.35. The zero-order chi connectivity index (χ0) is 25.1. The van der Waals surface area contributed by atoms with Crippen LogP contribution in [0, 0.1) is 17.2 Å². The van der Waals surface area contributed by atoms with Crippen LogP contribution in [0.25, 0.3) is 0 Å². The summed E-state index contributed by atoms with van der Waals surface area (Å²) in [6, 6.07) is 6.80. The number of amides is 2. The lowest BCUT2D eigenvalue weighted by atomic mass is 9.96. The van der Waals surface area contributed by atoms with E-state index < -0.39 is 0 Å². The van der Waals surface area contributed by atoms with Crippen LogP contribution in [0.3, 0.4) is 0 Å². The van der Waals surface area contributed by atoms with Gasteiger partial charge in [0, 0.05) is 51.5 Å². The number of likely N-dealkylation sites (N-methyl/N-ethyl adjacent to an activating group) is 1. The summed E-state index contributed by atoms with van der Waals surface area (Å²) in [5.74, 6) is 2.00. The van der Waals surface area contributed by atoms with Crippen LogP contribution in [-0.4, -0.2) is 77.8 Å². The minimum atomic E-state index is -0.228. The van der Waals surface area contributed by atoms with E-state index in [1.165, 1.54) is 0 Å². The van der Waals surface area contributed by atoms with E-state index in [4.69, 9.17) is 31.3 Å². The summed E-state index contributed by atoms with van der Waals surface area (Å²) in [4.78, 5) is 26.6. The number of ether oxygens (including phenoxy) is 2. The van der Waals surface area contributed by atoms with Crippen LogP contribution in [-0.2, 0) is 24.1 Å². The monoisotopic (exact) mass is 510 g/mol. The van der Waals surface area contributed by atoms with Crippen molar-refractivity contribution in [3.05, 3.63) is 52.1 Å². The fourth-order valence-electron chi connectivity index (χ4n) is 5.13. The Morgan fingerprint density at radius 3 is 2.94 bits per heavy atom. The largest absolute Gasteiger partial charge is 0.487 e. The average Bonchev–Trinajstić information content (AvgIpc) is 3.22. The number of rotatable bonds is 5. The van der Waals surface area contributed by atoms with Gasteiger partial charge in [0.2, 0.25) is 0 Å². The van der Waals surface area contributed by atoms with Crippen molar-refractivity contribution in [2.24, 2.45) is 5.92 Å². The fourth-order valence-corrected chi connectivity index (χ4v) is 5.34. The number of carbonyl (C=O) groups excluding carboxylic acids is 1. The number of carbonyl (C=O) groups is 1. The molecule has 1 aromatic carbocycles. The van der Waals surface area contributed by atoms with Crippen molar-refractivity contribution in [1.82, 2.24) is 25.1 Å². The van der Waals surface area contributed by atoms with Gasteiger partial charge < -0.3 is 24.6 Å². The Hall–Kier alpha value is -2.93. The Morgan fingerprint density at radius 2 is 2.17 bits per heavy atom. The van der Waals surface area contributed by atoms with Crippen molar-refractivity contribution < 1.29 is 14.3 Å². The van der Waals surface area contributed by atoms with Gasteiger partial charge in [-0.05, 0) is 49.9 Å². The van der Waals surface area contributed by atoms with E-state index in [9.17, 15) is 4.79 Å². The van der Waals surface area contributed by atoms with Gasteiger partial charge in [-0.2, -0.15) is 5.26 Å². The van der Waals surface area contributed by atoms with E-state index in [0.29, 0.717) is 48.4 Å². The van der Waals surface area contributed by atoms with Crippen LogP contribution in [0.5, 0.6) is 5.75 Å². The minimum absolute atomic E-state index is 0.114. The molecule has 0 radical (unpaired) electrons. The molecule has 0 aliphatic carbocycles. The molecule has 2 atom stereocenters. The molecule has 10 heteroatoms. The van der Waals surface area contributed by atoms with Crippen LogP contribution in [0.15, 0.2) is 24.4 Å². The highest BCUT2D eigenvalue weighted by molar-refractivity contribution is 6.31. The molecule has 2 amide bonds. The van der Waals surface area contributed by atoms with Crippen molar-refractivity contribution in [2.45, 2.75) is 44.4 Å². The lowest BCUT2D eigenvalue weighted by molar-refractivity contribution is 0.0659. The lowest BCUT2D eigenvalue weighted by Gasteiger charge is -2.31. The molecule has 3 aliphatic rings. The normalized spacial score (nSPS) is 22.6. The summed E-state index contributed by atoms with van der Waals surface area (Å²) in [6.45, 7) is 4.08. The second-order valence-electron chi connectivity index (χ2n) is 9.88. The Labute approximate surface area is 216 Å². The summed E-state index contributed by atoms with van der Waals surface area (Å²) >= 11 is 6.17. The maximum Gasteiger partial charge on any atom is 0.318 e. The molecule has 4 heterocycles. The predicted octanol–water partition coefficient (Wildman–Crippen LogP) is 2.80. The van der Waals surface area contributed by atoms with Gasteiger partial charge >= 0.3 is 6.03 Å². The molecule has 2 aromatic rings. The number of nitriles is 1. The second kappa shape index (κ2) is 11.0. The molecule has 2 saturated heterocycles. The van der Waals surface area contributed by atoms with Gasteiger partial charge in [-0.1, -0.05) is 11.6 Å². The van der Waals surface area contributed by atoms with Crippen LogP contribution in [0.1, 0.15) is 35.5 Å². The second-order valence-corrected chi connectivity index (χ2v) is 10.3. The van der Waals surface area contributed by atoms with E-state index in [2.05, 4.69) is 21.3 Å². The Bertz CT molecular complexity index is 1150. The zero-order valence-corrected chi connectivity index (χ0v) is 21.2. The van der Waals surface area contributed by atoms with Crippen LogP contribution < -0.4 is 10.1 Å². The van der Waals surface area contributed by atoms with Crippen molar-refractivity contribution in [1.29, 1.82) is 5.26 Å². The topological polar surface area (TPSA) is 104 Å². The highest BCUT2D eigenvalue weighted by Crippen LogP contribution is 2.25. The average molecular weight is 511 g/mol. The van der Waals surface area contributed by atoms with Crippen molar-refractivity contribution >= 4 is 17.6 Å². The Morgan fingerprint density at radius 1 is 1.33 bits per heavy atom. The molecule has 5 rings (SSSR count). The molecular formula is C26H31ClN6O3. The minimum Gasteiger partial charge on any atom is -0.487 e. The number of urea groups is 1. The summed E-state index contributed by atoms with van der Waals surface area (Å²) in [6.07, 6.45) is 5.40. The van der Waals surface area contributed by atoms with Gasteiger partial charge in [0.25, 0.3) is 0 Å². The Balaban J connectivity index is 1.21. The van der Waals surface area contributed by atoms with Crippen LogP contribution >= 0.6 is 11.6 Å². The number of nitrogens with zero attached hydrogens (tertiary/aromatic N) is 5. The van der Waals surface area contributed by atoms with E-state index in [1.54, 1.807) is 18.2 Å². The zero-order valence-electron chi connectivity index (χ0n) is 20.5. The van der Waals surface area contributed by atoms with Crippen LogP contribution in [0.4, 0.5) is 4.79 Å². The predicted molar refractivity (Wildman–Crippen MR) is 134 cm³/mol. The summed E-state index contributed by atoms with van der Waals surface area (Å²) < 4.78 is 11.6.